The van der Waals surface area contributed by atoms with E-state index < -0.39 is 0 Å². The van der Waals surface area contributed by atoms with Crippen LogP contribution in [-0.4, -0.2) is 19.7 Å². The third-order valence-electron chi connectivity index (χ3n) is 2.76. The second-order valence-electron chi connectivity index (χ2n) is 4.04. The molecular weight excluding hydrogens is 278 g/mol. The second kappa shape index (κ2) is 4.79. The SMILES string of the molecule is Cn1ncc2c(Oc3ccc(C#N)cc3Cl)ncnc21. The number of ether oxygens (including phenoxy) is 1. The lowest BCUT2D eigenvalue weighted by Crippen LogP contribution is -1.94. The molecule has 6 nitrogen and oxygen atoms in total. The predicted octanol–water partition coefficient (Wildman–Crippen LogP) is 2.68. The number of nitriles is 1. The maximum absolute atomic E-state index is 8.81. The molecular formula is C13H8ClN5O. The maximum Gasteiger partial charge on any atom is 0.233 e. The van der Waals surface area contributed by atoms with Crippen LogP contribution in [0.25, 0.3) is 11.0 Å². The van der Waals surface area contributed by atoms with E-state index in [1.54, 1.807) is 36.1 Å². The van der Waals surface area contributed by atoms with Gasteiger partial charge in [-0.25, -0.2) is 9.97 Å². The predicted molar refractivity (Wildman–Crippen MR) is 72.5 cm³/mol. The molecule has 7 heteroatoms. The molecule has 2 heterocycles. The zero-order chi connectivity index (χ0) is 14.1. The Labute approximate surface area is 119 Å². The third kappa shape index (κ3) is 2.04. The van der Waals surface area contributed by atoms with Crippen LogP contribution in [0.3, 0.4) is 0 Å². The smallest absolute Gasteiger partial charge is 0.233 e. The molecule has 3 aromatic rings. The first kappa shape index (κ1) is 12.4. The normalized spacial score (nSPS) is 10.4. The number of rotatable bonds is 2. The number of fused-ring (bicyclic) bond motifs is 1. The molecule has 0 amide bonds. The van der Waals surface area contributed by atoms with E-state index >= 15 is 0 Å². The van der Waals surface area contributed by atoms with Gasteiger partial charge in [0.05, 0.1) is 22.9 Å². The molecule has 20 heavy (non-hydrogen) atoms. The molecule has 2 aromatic heterocycles. The largest absolute Gasteiger partial charge is 0.437 e. The summed E-state index contributed by atoms with van der Waals surface area (Å²) in [6.07, 6.45) is 3.03. The van der Waals surface area contributed by atoms with Crippen molar-refractivity contribution in [3.05, 3.63) is 41.3 Å². The Morgan fingerprint density at radius 2 is 2.20 bits per heavy atom. The van der Waals surface area contributed by atoms with Crippen LogP contribution in [0.4, 0.5) is 0 Å². The van der Waals surface area contributed by atoms with Crippen LogP contribution in [0.2, 0.25) is 5.02 Å². The van der Waals surface area contributed by atoms with Gasteiger partial charge in [0.15, 0.2) is 5.65 Å². The molecule has 0 aliphatic carbocycles. The van der Waals surface area contributed by atoms with E-state index in [2.05, 4.69) is 15.1 Å². The molecule has 0 saturated heterocycles. The molecule has 0 aliphatic heterocycles. The number of halogens is 1. The van der Waals surface area contributed by atoms with Gasteiger partial charge in [0, 0.05) is 7.05 Å². The third-order valence-corrected chi connectivity index (χ3v) is 3.06. The lowest BCUT2D eigenvalue weighted by Gasteiger charge is -2.07. The average molecular weight is 286 g/mol. The summed E-state index contributed by atoms with van der Waals surface area (Å²) in [5.74, 6) is 0.796. The Kier molecular flexibility index (Phi) is 2.97. The zero-order valence-corrected chi connectivity index (χ0v) is 11.2. The number of benzene rings is 1. The zero-order valence-electron chi connectivity index (χ0n) is 10.4. The first-order chi connectivity index (χ1) is 9.69. The summed E-state index contributed by atoms with van der Waals surface area (Å²) in [7, 11) is 1.79. The maximum atomic E-state index is 8.81. The van der Waals surface area contributed by atoms with Gasteiger partial charge < -0.3 is 4.74 Å². The van der Waals surface area contributed by atoms with Gasteiger partial charge in [0.2, 0.25) is 5.88 Å². The topological polar surface area (TPSA) is 76.6 Å². The van der Waals surface area contributed by atoms with Crippen molar-refractivity contribution in [1.29, 1.82) is 5.26 Å². The van der Waals surface area contributed by atoms with Gasteiger partial charge in [-0.1, -0.05) is 11.6 Å². The number of aromatic nitrogens is 4. The van der Waals surface area contributed by atoms with Crippen molar-refractivity contribution in [2.24, 2.45) is 7.05 Å². The summed E-state index contributed by atoms with van der Waals surface area (Å²) in [6, 6.07) is 6.81. The summed E-state index contributed by atoms with van der Waals surface area (Å²) in [4.78, 5) is 8.22. The summed E-state index contributed by atoms with van der Waals surface area (Å²) in [5, 5.41) is 13.9. The molecule has 3 rings (SSSR count). The highest BCUT2D eigenvalue weighted by molar-refractivity contribution is 6.32. The van der Waals surface area contributed by atoms with E-state index in [1.165, 1.54) is 6.33 Å². The average Bonchev–Trinajstić information content (AvgIpc) is 2.84. The van der Waals surface area contributed by atoms with Gasteiger partial charge in [0.1, 0.15) is 17.5 Å². The van der Waals surface area contributed by atoms with Crippen LogP contribution in [0.5, 0.6) is 11.6 Å². The summed E-state index contributed by atoms with van der Waals surface area (Å²) in [6.45, 7) is 0. The molecule has 0 N–H and O–H groups in total. The second-order valence-corrected chi connectivity index (χ2v) is 4.45. The molecule has 0 fully saturated rings. The highest BCUT2D eigenvalue weighted by Gasteiger charge is 2.11. The highest BCUT2D eigenvalue weighted by Crippen LogP contribution is 2.31. The lowest BCUT2D eigenvalue weighted by atomic mass is 10.2. The van der Waals surface area contributed by atoms with E-state index in [-0.39, 0.29) is 0 Å². The van der Waals surface area contributed by atoms with Crippen LogP contribution >= 0.6 is 11.6 Å². The van der Waals surface area contributed by atoms with Crippen molar-refractivity contribution < 1.29 is 4.74 Å². The van der Waals surface area contributed by atoms with Crippen molar-refractivity contribution in [3.63, 3.8) is 0 Å². The van der Waals surface area contributed by atoms with Gasteiger partial charge in [-0.15, -0.1) is 0 Å². The van der Waals surface area contributed by atoms with Crippen molar-refractivity contribution in [2.75, 3.05) is 0 Å². The van der Waals surface area contributed by atoms with Gasteiger partial charge in [-0.05, 0) is 18.2 Å². The molecule has 1 aromatic carbocycles. The van der Waals surface area contributed by atoms with Crippen LogP contribution in [0.15, 0.2) is 30.7 Å². The van der Waals surface area contributed by atoms with E-state index in [0.29, 0.717) is 33.2 Å². The quantitative estimate of drug-likeness (QED) is 0.723. The summed E-state index contributed by atoms with van der Waals surface area (Å²) in [5.41, 5.74) is 1.14. The van der Waals surface area contributed by atoms with Gasteiger partial charge in [-0.2, -0.15) is 10.4 Å². The van der Waals surface area contributed by atoms with Gasteiger partial charge in [0.25, 0.3) is 0 Å². The van der Waals surface area contributed by atoms with E-state index in [9.17, 15) is 0 Å². The molecule has 0 spiro atoms. The van der Waals surface area contributed by atoms with E-state index in [1.807, 2.05) is 6.07 Å². The fourth-order valence-electron chi connectivity index (χ4n) is 1.78. The molecule has 98 valence electrons. The standard InChI is InChI=1S/C13H8ClN5O/c1-19-12-9(6-18-19)13(17-7-16-12)20-11-3-2-8(5-15)4-10(11)14/h2-4,6-7H,1H3. The van der Waals surface area contributed by atoms with Crippen LogP contribution < -0.4 is 4.74 Å². The number of nitrogens with zero attached hydrogens (tertiary/aromatic N) is 5. The molecule has 0 unspecified atom stereocenters. The number of aryl methyl sites for hydroxylation is 1. The minimum absolute atomic E-state index is 0.347. The lowest BCUT2D eigenvalue weighted by molar-refractivity contribution is 0.468. The molecule has 0 aliphatic rings. The highest BCUT2D eigenvalue weighted by atomic mass is 35.5. The van der Waals surface area contributed by atoms with E-state index in [4.69, 9.17) is 21.6 Å². The van der Waals surface area contributed by atoms with Crippen molar-refractivity contribution in [2.45, 2.75) is 0 Å². The first-order valence-electron chi connectivity index (χ1n) is 5.69. The monoisotopic (exact) mass is 285 g/mol. The molecule has 0 atom stereocenters. The Hall–Kier alpha value is -2.65. The number of hydrogen-bond donors (Lipinski definition) is 0. The van der Waals surface area contributed by atoms with Gasteiger partial charge in [-0.3, -0.25) is 4.68 Å². The van der Waals surface area contributed by atoms with Crippen molar-refractivity contribution in [3.8, 4) is 17.7 Å². The van der Waals surface area contributed by atoms with Crippen LogP contribution in [0.1, 0.15) is 5.56 Å². The molecule has 0 bridgehead atoms. The Balaban J connectivity index is 2.04. The fraction of sp³-hybridized carbons (Fsp3) is 0.0769. The Morgan fingerprint density at radius 3 is 2.95 bits per heavy atom. The van der Waals surface area contributed by atoms with Crippen molar-refractivity contribution >= 4 is 22.6 Å². The van der Waals surface area contributed by atoms with Crippen LogP contribution in [0, 0.1) is 11.3 Å². The fourth-order valence-corrected chi connectivity index (χ4v) is 2.00. The summed E-state index contributed by atoms with van der Waals surface area (Å²) >= 11 is 6.07. The Morgan fingerprint density at radius 1 is 1.35 bits per heavy atom. The van der Waals surface area contributed by atoms with E-state index in [0.717, 1.165) is 0 Å². The van der Waals surface area contributed by atoms with Crippen molar-refractivity contribution in [1.82, 2.24) is 19.7 Å². The molecule has 0 saturated carbocycles. The van der Waals surface area contributed by atoms with Gasteiger partial charge >= 0.3 is 0 Å². The minimum atomic E-state index is 0.347. The first-order valence-corrected chi connectivity index (χ1v) is 6.07. The summed E-state index contributed by atoms with van der Waals surface area (Å²) < 4.78 is 7.32. The Bertz CT molecular complexity index is 836. The van der Waals surface area contributed by atoms with Crippen LogP contribution in [-0.2, 0) is 7.05 Å². The molecule has 0 radical (unpaired) electrons. The number of hydrogen-bond acceptors (Lipinski definition) is 5. The minimum Gasteiger partial charge on any atom is -0.437 e.